The molecule has 0 unspecified atom stereocenters. The Hall–Kier alpha value is -2.82. The highest BCUT2D eigenvalue weighted by molar-refractivity contribution is 5.97. The van der Waals surface area contributed by atoms with E-state index in [1.165, 1.54) is 31.1 Å². The standard InChI is InChI=1S/C23H27NO4/c1-4-21(28-19-12-11-16-7-5-6-8-17(16)13-19)22(25)24-20-14-18(23(26)27-3)10-9-15(20)2/h9-14,21H,4-8H2,1-3H3,(H,24,25)/t21-/m1/s1. The van der Waals surface area contributed by atoms with Crippen LogP contribution in [0.15, 0.2) is 36.4 Å². The van der Waals surface area contributed by atoms with Crippen LogP contribution in [0.3, 0.4) is 0 Å². The summed E-state index contributed by atoms with van der Waals surface area (Å²) in [7, 11) is 1.33. The van der Waals surface area contributed by atoms with Gasteiger partial charge in [0.05, 0.1) is 12.7 Å². The van der Waals surface area contributed by atoms with Gasteiger partial charge in [-0.2, -0.15) is 0 Å². The van der Waals surface area contributed by atoms with E-state index in [9.17, 15) is 9.59 Å². The molecule has 1 atom stereocenters. The van der Waals surface area contributed by atoms with E-state index in [4.69, 9.17) is 9.47 Å². The Morgan fingerprint density at radius 1 is 1.07 bits per heavy atom. The number of carbonyl (C=O) groups excluding carboxylic acids is 2. The fourth-order valence-electron chi connectivity index (χ4n) is 3.48. The number of rotatable bonds is 6. The van der Waals surface area contributed by atoms with Crippen LogP contribution >= 0.6 is 0 Å². The van der Waals surface area contributed by atoms with Crippen molar-refractivity contribution in [1.82, 2.24) is 0 Å². The maximum absolute atomic E-state index is 12.8. The molecule has 148 valence electrons. The second-order valence-electron chi connectivity index (χ2n) is 7.16. The smallest absolute Gasteiger partial charge is 0.337 e. The lowest BCUT2D eigenvalue weighted by atomic mass is 9.92. The highest BCUT2D eigenvalue weighted by Gasteiger charge is 2.21. The first-order chi connectivity index (χ1) is 13.5. The predicted molar refractivity (Wildman–Crippen MR) is 109 cm³/mol. The molecule has 0 saturated carbocycles. The van der Waals surface area contributed by atoms with Crippen LogP contribution in [0.4, 0.5) is 5.69 Å². The summed E-state index contributed by atoms with van der Waals surface area (Å²) < 4.78 is 10.8. The Labute approximate surface area is 166 Å². The first-order valence-electron chi connectivity index (χ1n) is 9.80. The van der Waals surface area contributed by atoms with Gasteiger partial charge in [0.2, 0.25) is 0 Å². The van der Waals surface area contributed by atoms with Crippen LogP contribution in [-0.2, 0) is 22.4 Å². The van der Waals surface area contributed by atoms with Crippen LogP contribution < -0.4 is 10.1 Å². The van der Waals surface area contributed by atoms with Gasteiger partial charge in [0.25, 0.3) is 5.91 Å². The Morgan fingerprint density at radius 2 is 1.82 bits per heavy atom. The van der Waals surface area contributed by atoms with Crippen molar-refractivity contribution < 1.29 is 19.1 Å². The summed E-state index contributed by atoms with van der Waals surface area (Å²) in [4.78, 5) is 24.5. The van der Waals surface area contributed by atoms with Gasteiger partial charge in [-0.25, -0.2) is 4.79 Å². The van der Waals surface area contributed by atoms with Crippen LogP contribution in [0.5, 0.6) is 5.75 Å². The molecule has 0 radical (unpaired) electrons. The fourth-order valence-corrected chi connectivity index (χ4v) is 3.48. The zero-order valence-electron chi connectivity index (χ0n) is 16.7. The van der Waals surface area contributed by atoms with Crippen molar-refractivity contribution in [3.63, 3.8) is 0 Å². The van der Waals surface area contributed by atoms with Crippen molar-refractivity contribution in [2.75, 3.05) is 12.4 Å². The molecule has 0 aromatic heterocycles. The van der Waals surface area contributed by atoms with Gasteiger partial charge < -0.3 is 14.8 Å². The molecule has 3 rings (SSSR count). The third-order valence-corrected chi connectivity index (χ3v) is 5.18. The van der Waals surface area contributed by atoms with Gasteiger partial charge in [-0.1, -0.05) is 19.1 Å². The molecule has 0 saturated heterocycles. The number of carbonyl (C=O) groups is 2. The second kappa shape index (κ2) is 8.91. The van der Waals surface area contributed by atoms with Gasteiger partial charge in [-0.3, -0.25) is 4.79 Å². The molecule has 28 heavy (non-hydrogen) atoms. The number of methoxy groups -OCH3 is 1. The molecule has 0 fully saturated rings. The summed E-state index contributed by atoms with van der Waals surface area (Å²) in [6.45, 7) is 3.79. The van der Waals surface area contributed by atoms with E-state index in [-0.39, 0.29) is 5.91 Å². The molecule has 2 aromatic carbocycles. The number of ether oxygens (including phenoxy) is 2. The van der Waals surface area contributed by atoms with Crippen LogP contribution in [0.1, 0.15) is 53.2 Å². The number of nitrogens with one attached hydrogen (secondary N) is 1. The highest BCUT2D eigenvalue weighted by atomic mass is 16.5. The summed E-state index contributed by atoms with van der Waals surface area (Å²) in [5.74, 6) is 0.0564. The van der Waals surface area contributed by atoms with Crippen molar-refractivity contribution >= 4 is 17.6 Å². The lowest BCUT2D eigenvalue weighted by molar-refractivity contribution is -0.122. The van der Waals surface area contributed by atoms with Gasteiger partial charge in [0.15, 0.2) is 6.10 Å². The van der Waals surface area contributed by atoms with Crippen molar-refractivity contribution in [2.24, 2.45) is 0 Å². The molecule has 0 bridgehead atoms. The number of hydrogen-bond donors (Lipinski definition) is 1. The van der Waals surface area contributed by atoms with Gasteiger partial charge >= 0.3 is 5.97 Å². The van der Waals surface area contributed by atoms with Crippen molar-refractivity contribution in [3.05, 3.63) is 58.7 Å². The summed E-state index contributed by atoms with van der Waals surface area (Å²) >= 11 is 0. The van der Waals surface area contributed by atoms with Crippen molar-refractivity contribution in [1.29, 1.82) is 0 Å². The zero-order valence-corrected chi connectivity index (χ0v) is 16.7. The molecule has 0 heterocycles. The van der Waals surface area contributed by atoms with Crippen LogP contribution in [0.25, 0.3) is 0 Å². The average molecular weight is 381 g/mol. The normalized spacial score (nSPS) is 14.0. The van der Waals surface area contributed by atoms with Crippen LogP contribution in [0.2, 0.25) is 0 Å². The Bertz CT molecular complexity index is 875. The first kappa shape index (κ1) is 19.9. The van der Waals surface area contributed by atoms with Crippen molar-refractivity contribution in [2.45, 2.75) is 52.1 Å². The van der Waals surface area contributed by atoms with Gasteiger partial charge in [0, 0.05) is 5.69 Å². The Balaban J connectivity index is 1.73. The number of anilines is 1. The molecule has 1 aliphatic rings. The Morgan fingerprint density at radius 3 is 2.54 bits per heavy atom. The molecular weight excluding hydrogens is 354 g/mol. The average Bonchev–Trinajstić information content (AvgIpc) is 2.72. The molecule has 0 aliphatic heterocycles. The number of amides is 1. The van der Waals surface area contributed by atoms with Gasteiger partial charge in [-0.05, 0) is 80.0 Å². The maximum Gasteiger partial charge on any atom is 0.337 e. The van der Waals surface area contributed by atoms with E-state index in [1.54, 1.807) is 18.2 Å². The minimum atomic E-state index is -0.608. The van der Waals surface area contributed by atoms with Crippen LogP contribution in [0, 0.1) is 6.92 Å². The topological polar surface area (TPSA) is 64.6 Å². The monoisotopic (exact) mass is 381 g/mol. The number of hydrogen-bond acceptors (Lipinski definition) is 4. The molecule has 1 amide bonds. The summed E-state index contributed by atoms with van der Waals surface area (Å²) in [6.07, 6.45) is 4.54. The molecule has 5 nitrogen and oxygen atoms in total. The number of aryl methyl sites for hydroxylation is 3. The molecular formula is C23H27NO4. The molecule has 1 aliphatic carbocycles. The molecule has 1 N–H and O–H groups in total. The quantitative estimate of drug-likeness (QED) is 0.751. The summed E-state index contributed by atoms with van der Waals surface area (Å²) in [5.41, 5.74) is 4.55. The van der Waals surface area contributed by atoms with Crippen molar-refractivity contribution in [3.8, 4) is 5.75 Å². The lowest BCUT2D eigenvalue weighted by Crippen LogP contribution is -2.32. The molecule has 0 spiro atoms. The minimum Gasteiger partial charge on any atom is -0.481 e. The maximum atomic E-state index is 12.8. The summed E-state index contributed by atoms with van der Waals surface area (Å²) in [6, 6.07) is 11.2. The fraction of sp³-hybridized carbons (Fsp3) is 0.391. The van der Waals surface area contributed by atoms with Gasteiger partial charge in [0.1, 0.15) is 5.75 Å². The van der Waals surface area contributed by atoms with E-state index in [1.807, 2.05) is 19.9 Å². The SMILES string of the molecule is CC[C@@H](Oc1ccc2c(c1)CCCC2)C(=O)Nc1cc(C(=O)OC)ccc1C. The van der Waals surface area contributed by atoms with E-state index in [0.29, 0.717) is 17.7 Å². The van der Waals surface area contributed by atoms with E-state index in [2.05, 4.69) is 17.4 Å². The second-order valence-corrected chi connectivity index (χ2v) is 7.16. The van der Waals surface area contributed by atoms with Gasteiger partial charge in [-0.15, -0.1) is 0 Å². The highest BCUT2D eigenvalue weighted by Crippen LogP contribution is 2.26. The van der Waals surface area contributed by atoms with Crippen LogP contribution in [-0.4, -0.2) is 25.1 Å². The zero-order chi connectivity index (χ0) is 20.1. The third-order valence-electron chi connectivity index (χ3n) is 5.18. The van der Waals surface area contributed by atoms with E-state index < -0.39 is 12.1 Å². The number of fused-ring (bicyclic) bond motifs is 1. The predicted octanol–water partition coefficient (Wildman–Crippen LogP) is 4.46. The number of benzene rings is 2. The Kier molecular flexibility index (Phi) is 6.34. The number of esters is 1. The van der Waals surface area contributed by atoms with E-state index in [0.717, 1.165) is 24.2 Å². The van der Waals surface area contributed by atoms with E-state index >= 15 is 0 Å². The lowest BCUT2D eigenvalue weighted by Gasteiger charge is -2.21. The summed E-state index contributed by atoms with van der Waals surface area (Å²) in [5, 5.41) is 2.89. The molecule has 2 aromatic rings. The molecule has 5 heteroatoms. The third kappa shape index (κ3) is 4.53. The largest absolute Gasteiger partial charge is 0.481 e. The first-order valence-corrected chi connectivity index (χ1v) is 9.80. The minimum absolute atomic E-state index is 0.231.